The fraction of sp³-hybridized carbons (Fsp3) is 1.00. The van der Waals surface area contributed by atoms with Crippen molar-refractivity contribution >= 4 is 15.0 Å². The van der Waals surface area contributed by atoms with Gasteiger partial charge in [-0.15, -0.1) is 0 Å². The van der Waals surface area contributed by atoms with Gasteiger partial charge in [-0.05, 0) is 0 Å². The predicted molar refractivity (Wildman–Crippen MR) is 22.6 cm³/mol. The monoisotopic (exact) mass is 214 g/mol. The van der Waals surface area contributed by atoms with Gasteiger partial charge in [-0.1, -0.05) is 0 Å². The summed E-state index contributed by atoms with van der Waals surface area (Å²) in [6.45, 7) is 0. The van der Waals surface area contributed by atoms with Gasteiger partial charge in [0.2, 0.25) is 0 Å². The van der Waals surface area contributed by atoms with Crippen LogP contribution in [0, 0.1) is 0 Å². The van der Waals surface area contributed by atoms with Crippen LogP contribution in [0.4, 0.5) is 22.0 Å². The quantitative estimate of drug-likeness (QED) is 0.460. The van der Waals surface area contributed by atoms with E-state index in [-0.39, 0.29) is 0 Å². The molecule has 0 saturated carbocycles. The normalized spacial score (nSPS) is 14.0. The third kappa shape index (κ3) is 2.10. The Kier molecular flexibility index (Phi) is 2.47. The van der Waals surface area contributed by atoms with E-state index < -0.39 is 26.0 Å². The van der Waals surface area contributed by atoms with E-state index in [9.17, 15) is 22.0 Å². The van der Waals surface area contributed by atoms with Crippen molar-refractivity contribution < 1.29 is 22.0 Å². The van der Waals surface area contributed by atoms with Crippen LogP contribution in [0.1, 0.15) is 0 Å². The molecule has 0 aliphatic heterocycles. The molecular formula is C3H3F5Se. The van der Waals surface area contributed by atoms with Crippen molar-refractivity contribution in [1.29, 1.82) is 0 Å². The average molecular weight is 213 g/mol. The summed E-state index contributed by atoms with van der Waals surface area (Å²) in [4.78, 5) is -4.46. The van der Waals surface area contributed by atoms with Gasteiger partial charge >= 0.3 is 53.7 Å². The summed E-state index contributed by atoms with van der Waals surface area (Å²) in [6.07, 6.45) is -5.36. The van der Waals surface area contributed by atoms with Gasteiger partial charge in [-0.3, -0.25) is 0 Å². The van der Waals surface area contributed by atoms with Gasteiger partial charge in [0.05, 0.1) is 0 Å². The molecule has 0 rings (SSSR count). The first kappa shape index (κ1) is 9.17. The fourth-order valence-corrected chi connectivity index (χ4v) is 0.601. The average Bonchev–Trinajstić information content (AvgIpc) is 1.64. The van der Waals surface area contributed by atoms with Crippen molar-refractivity contribution in [1.82, 2.24) is 0 Å². The Morgan fingerprint density at radius 2 is 1.33 bits per heavy atom. The van der Waals surface area contributed by atoms with Crippen molar-refractivity contribution in [2.45, 2.75) is 16.8 Å². The van der Waals surface area contributed by atoms with Crippen LogP contribution < -0.4 is 0 Å². The summed E-state index contributed by atoms with van der Waals surface area (Å²) < 4.78 is 56.4. The first-order valence-electron chi connectivity index (χ1n) is 1.81. The van der Waals surface area contributed by atoms with E-state index in [1.807, 2.05) is 0 Å². The molecule has 0 fully saturated rings. The van der Waals surface area contributed by atoms with Gasteiger partial charge in [0.1, 0.15) is 0 Å². The minimum absolute atomic E-state index is 0.848. The number of alkyl halides is 5. The second-order valence-electron chi connectivity index (χ2n) is 1.22. The third-order valence-electron chi connectivity index (χ3n) is 0.586. The number of hydrogen-bond donors (Lipinski definition) is 0. The van der Waals surface area contributed by atoms with E-state index in [0.29, 0.717) is 0 Å². The molecule has 6 heteroatoms. The second kappa shape index (κ2) is 2.42. The molecule has 0 nitrogen and oxygen atoms in total. The molecule has 0 N–H and O–H groups in total. The summed E-state index contributed by atoms with van der Waals surface area (Å²) in [5.74, 6) is 0.848. The molecule has 0 aliphatic rings. The maximum absolute atomic E-state index is 11.6. The minimum atomic E-state index is -5.36. The molecule has 0 aromatic heterocycles. The number of halogens is 5. The zero-order valence-corrected chi connectivity index (χ0v) is 6.01. The summed E-state index contributed by atoms with van der Waals surface area (Å²) >= 11 is -1.70. The summed E-state index contributed by atoms with van der Waals surface area (Å²) in [5.41, 5.74) is 0. The van der Waals surface area contributed by atoms with E-state index in [2.05, 4.69) is 0 Å². The second-order valence-corrected chi connectivity index (χ2v) is 3.15. The van der Waals surface area contributed by atoms with Crippen molar-refractivity contribution in [2.75, 3.05) is 0 Å². The van der Waals surface area contributed by atoms with Crippen molar-refractivity contribution in [3.05, 3.63) is 0 Å². The summed E-state index contributed by atoms with van der Waals surface area (Å²) in [7, 11) is 0. The molecule has 0 radical (unpaired) electrons. The molecule has 0 atom stereocenters. The maximum atomic E-state index is 11.6. The van der Waals surface area contributed by atoms with Crippen LogP contribution in [-0.4, -0.2) is 26.0 Å². The van der Waals surface area contributed by atoms with E-state index >= 15 is 0 Å². The van der Waals surface area contributed by atoms with E-state index in [1.54, 1.807) is 0 Å². The van der Waals surface area contributed by atoms with Gasteiger partial charge < -0.3 is 0 Å². The Hall–Kier alpha value is 0.169. The molecule has 0 aliphatic carbocycles. The van der Waals surface area contributed by atoms with Gasteiger partial charge in [0.15, 0.2) is 0 Å². The molecule has 0 saturated heterocycles. The molecule has 0 amide bonds. The van der Waals surface area contributed by atoms with Crippen LogP contribution in [0.5, 0.6) is 0 Å². The summed E-state index contributed by atoms with van der Waals surface area (Å²) in [5, 5.41) is 0. The molecule has 0 unspecified atom stereocenters. The Balaban J connectivity index is 4.14. The number of rotatable bonds is 1. The van der Waals surface area contributed by atoms with Crippen LogP contribution in [0.3, 0.4) is 0 Å². The van der Waals surface area contributed by atoms with Crippen LogP contribution in [0.15, 0.2) is 0 Å². The Morgan fingerprint density at radius 1 is 1.00 bits per heavy atom. The molecule has 0 spiro atoms. The topological polar surface area (TPSA) is 0 Å². The Morgan fingerprint density at radius 3 is 1.33 bits per heavy atom. The standard InChI is InChI=1S/C3H3F5Se/c1-9-3(7,8)2(4,5)6/h1H3. The van der Waals surface area contributed by atoms with Gasteiger partial charge in [0.25, 0.3) is 0 Å². The molecule has 0 bridgehead atoms. The fourth-order valence-electron chi connectivity index (χ4n) is 0.116. The van der Waals surface area contributed by atoms with Crippen molar-refractivity contribution in [2.24, 2.45) is 0 Å². The first-order valence-corrected chi connectivity index (χ1v) is 4.38. The predicted octanol–water partition coefficient (Wildman–Crippen LogP) is 1.89. The van der Waals surface area contributed by atoms with E-state index in [4.69, 9.17) is 0 Å². The van der Waals surface area contributed by atoms with Gasteiger partial charge in [-0.25, -0.2) is 0 Å². The molecular weight excluding hydrogens is 210 g/mol. The Labute approximate surface area is 54.6 Å². The van der Waals surface area contributed by atoms with Crippen LogP contribution >= 0.6 is 0 Å². The molecule has 56 valence electrons. The van der Waals surface area contributed by atoms with Crippen molar-refractivity contribution in [3.63, 3.8) is 0 Å². The van der Waals surface area contributed by atoms with E-state index in [1.165, 1.54) is 0 Å². The van der Waals surface area contributed by atoms with E-state index in [0.717, 1.165) is 5.82 Å². The van der Waals surface area contributed by atoms with Crippen LogP contribution in [0.25, 0.3) is 0 Å². The SMILES string of the molecule is C[Se]C(F)(F)C(F)(F)F. The molecule has 0 heterocycles. The van der Waals surface area contributed by atoms with Crippen LogP contribution in [0.2, 0.25) is 5.82 Å². The van der Waals surface area contributed by atoms with Gasteiger partial charge in [-0.2, -0.15) is 0 Å². The molecule has 0 aromatic carbocycles. The zero-order chi connectivity index (χ0) is 7.71. The van der Waals surface area contributed by atoms with Gasteiger partial charge in [0, 0.05) is 0 Å². The summed E-state index contributed by atoms with van der Waals surface area (Å²) in [6, 6.07) is 0. The first-order chi connectivity index (χ1) is 3.81. The Bertz CT molecular complexity index is 94.9. The third-order valence-corrected chi connectivity index (χ3v) is 2.15. The zero-order valence-electron chi connectivity index (χ0n) is 4.30. The molecule has 9 heavy (non-hydrogen) atoms. The molecule has 0 aromatic rings. The van der Waals surface area contributed by atoms with Crippen molar-refractivity contribution in [3.8, 4) is 0 Å². The number of hydrogen-bond acceptors (Lipinski definition) is 0. The van der Waals surface area contributed by atoms with Crippen LogP contribution in [-0.2, 0) is 0 Å².